The Hall–Kier alpha value is -3.74. The van der Waals surface area contributed by atoms with Gasteiger partial charge >= 0.3 is 0 Å². The number of rotatable bonds is 3. The van der Waals surface area contributed by atoms with Crippen molar-refractivity contribution in [3.63, 3.8) is 0 Å². The van der Waals surface area contributed by atoms with Crippen molar-refractivity contribution < 1.29 is 30.6 Å². The monoisotopic (exact) mass is 583 g/mol. The molecule has 31 heavy (non-hydrogen) atoms. The van der Waals surface area contributed by atoms with Gasteiger partial charge in [0.1, 0.15) is 17.4 Å². The van der Waals surface area contributed by atoms with Gasteiger partial charge in [-0.2, -0.15) is 5.26 Å². The van der Waals surface area contributed by atoms with Crippen LogP contribution in [0.3, 0.4) is 0 Å². The summed E-state index contributed by atoms with van der Waals surface area (Å²) in [6.07, 6.45) is 1.55. The molecule has 0 radical (unpaired) electrons. The minimum Gasteiger partial charge on any atom is -0.507 e. The second-order valence-corrected chi connectivity index (χ2v) is 6.71. The van der Waals surface area contributed by atoms with E-state index in [9.17, 15) is 5.11 Å². The van der Waals surface area contributed by atoms with Gasteiger partial charge in [0, 0.05) is 33.0 Å². The summed E-state index contributed by atoms with van der Waals surface area (Å²) in [5.41, 5.74) is 5.64. The van der Waals surface area contributed by atoms with E-state index in [2.05, 4.69) is 22.1 Å². The quantitative estimate of drug-likeness (QED) is 0.280. The van der Waals surface area contributed by atoms with Crippen molar-refractivity contribution in [2.75, 3.05) is 0 Å². The number of hydrogen-bond acceptors (Lipinski definition) is 5. The fourth-order valence-corrected chi connectivity index (χ4v) is 3.33. The molecule has 0 bridgehead atoms. The Labute approximate surface area is 192 Å². The maximum atomic E-state index is 10.1. The van der Waals surface area contributed by atoms with E-state index in [0.717, 1.165) is 22.4 Å². The summed E-state index contributed by atoms with van der Waals surface area (Å²) >= 11 is 0. The molecule has 5 aromatic rings. The van der Waals surface area contributed by atoms with Crippen LogP contribution in [0.4, 0.5) is 0 Å². The molecule has 0 saturated heterocycles. The third kappa shape index (κ3) is 3.86. The molecule has 0 unspecified atom stereocenters. The maximum Gasteiger partial charge on any atom is 0.230 e. The second-order valence-electron chi connectivity index (χ2n) is 6.71. The van der Waals surface area contributed by atoms with Gasteiger partial charge in [-0.25, -0.2) is 4.98 Å². The van der Waals surface area contributed by atoms with Crippen molar-refractivity contribution in [1.82, 2.24) is 9.97 Å². The van der Waals surface area contributed by atoms with Crippen LogP contribution in [0.25, 0.3) is 44.9 Å². The zero-order chi connectivity index (χ0) is 20.5. The number of benzene rings is 3. The van der Waals surface area contributed by atoms with E-state index in [1.807, 2.05) is 42.5 Å². The van der Waals surface area contributed by atoms with E-state index in [1.54, 1.807) is 36.5 Å². The number of aromatic nitrogens is 2. The number of hydrogen-bond donors (Lipinski definition) is 1. The van der Waals surface area contributed by atoms with Gasteiger partial charge in [-0.05, 0) is 24.3 Å². The molecule has 5 rings (SSSR count). The van der Waals surface area contributed by atoms with Crippen LogP contribution in [0.2, 0.25) is 0 Å². The molecular formula is C25H14N3O2Pt-. The van der Waals surface area contributed by atoms with Crippen molar-refractivity contribution in [3.05, 3.63) is 90.6 Å². The van der Waals surface area contributed by atoms with Gasteiger partial charge in [-0.15, -0.1) is 29.8 Å². The van der Waals surface area contributed by atoms with Crippen LogP contribution in [-0.4, -0.2) is 15.1 Å². The second kappa shape index (κ2) is 8.55. The third-order valence-electron chi connectivity index (χ3n) is 4.81. The molecule has 1 N–H and O–H groups in total. The van der Waals surface area contributed by atoms with Gasteiger partial charge in [-0.3, -0.25) is 4.98 Å². The molecular weight excluding hydrogens is 569 g/mol. The Morgan fingerprint density at radius 2 is 1.65 bits per heavy atom. The number of phenolic OH excluding ortho intramolecular Hbond substituents is 1. The topological polar surface area (TPSA) is 82.9 Å². The Bertz CT molecular complexity index is 1420. The summed E-state index contributed by atoms with van der Waals surface area (Å²) in [5.74, 6) is 0.478. The maximum absolute atomic E-state index is 10.1. The molecule has 0 atom stereocenters. The fraction of sp³-hybridized carbons (Fsp3) is 0. The number of fused-ring (bicyclic) bond motifs is 1. The van der Waals surface area contributed by atoms with E-state index in [-0.39, 0.29) is 26.8 Å². The molecule has 2 aromatic heterocycles. The minimum absolute atomic E-state index is 0. The summed E-state index contributed by atoms with van der Waals surface area (Å²) in [6, 6.07) is 27.5. The first-order chi connectivity index (χ1) is 14.7. The van der Waals surface area contributed by atoms with Gasteiger partial charge in [-0.1, -0.05) is 41.5 Å². The van der Waals surface area contributed by atoms with Crippen LogP contribution in [0.1, 0.15) is 5.56 Å². The van der Waals surface area contributed by atoms with Crippen molar-refractivity contribution >= 4 is 11.1 Å². The van der Waals surface area contributed by atoms with Gasteiger partial charge in [0.25, 0.3) is 0 Å². The summed E-state index contributed by atoms with van der Waals surface area (Å²) < 4.78 is 5.91. The molecule has 5 nitrogen and oxygen atoms in total. The number of para-hydroxylation sites is 2. The van der Waals surface area contributed by atoms with E-state index >= 15 is 0 Å². The van der Waals surface area contributed by atoms with Crippen LogP contribution in [-0.2, 0) is 21.1 Å². The van der Waals surface area contributed by atoms with Crippen LogP contribution in [0.5, 0.6) is 5.75 Å². The fourth-order valence-electron chi connectivity index (χ4n) is 3.33. The van der Waals surface area contributed by atoms with Crippen LogP contribution in [0, 0.1) is 17.4 Å². The van der Waals surface area contributed by atoms with Crippen molar-refractivity contribution in [1.29, 1.82) is 5.26 Å². The molecule has 0 aliphatic carbocycles. The predicted molar refractivity (Wildman–Crippen MR) is 113 cm³/mol. The number of nitrogens with zero attached hydrogens (tertiary/aromatic N) is 3. The van der Waals surface area contributed by atoms with E-state index in [0.29, 0.717) is 28.1 Å². The van der Waals surface area contributed by atoms with Gasteiger partial charge in [0.05, 0.1) is 16.6 Å². The first kappa shape index (κ1) is 20.5. The number of nitriles is 1. The molecule has 0 aliphatic rings. The molecule has 2 heterocycles. The first-order valence-corrected chi connectivity index (χ1v) is 9.30. The SMILES string of the molecule is N#Cc1ccc(-c2[c-]c(-c3cccc4oc(-c5ccccc5O)nc34)ccc2)nc1.[Pt]. The van der Waals surface area contributed by atoms with Gasteiger partial charge in [0.2, 0.25) is 5.89 Å². The van der Waals surface area contributed by atoms with E-state index < -0.39 is 0 Å². The number of aromatic hydroxyl groups is 1. The summed E-state index contributed by atoms with van der Waals surface area (Å²) in [6.45, 7) is 0. The van der Waals surface area contributed by atoms with Gasteiger partial charge in [0.15, 0.2) is 0 Å². The number of phenols is 1. The van der Waals surface area contributed by atoms with Crippen LogP contribution < -0.4 is 0 Å². The number of oxazole rings is 1. The molecule has 6 heteroatoms. The molecule has 0 aliphatic heterocycles. The summed E-state index contributed by atoms with van der Waals surface area (Å²) in [4.78, 5) is 9.00. The predicted octanol–water partition coefficient (Wildman–Crippen LogP) is 5.60. The molecule has 0 fully saturated rings. The Balaban J connectivity index is 0.00000231. The van der Waals surface area contributed by atoms with Crippen molar-refractivity contribution in [2.24, 2.45) is 0 Å². The third-order valence-corrected chi connectivity index (χ3v) is 4.81. The zero-order valence-corrected chi connectivity index (χ0v) is 18.3. The molecule has 152 valence electrons. The molecule has 0 saturated carbocycles. The Morgan fingerprint density at radius 3 is 2.42 bits per heavy atom. The Kier molecular flexibility index (Phi) is 5.66. The van der Waals surface area contributed by atoms with Gasteiger partial charge < -0.3 is 9.52 Å². The summed E-state index contributed by atoms with van der Waals surface area (Å²) in [7, 11) is 0. The van der Waals surface area contributed by atoms with Crippen LogP contribution >= 0.6 is 0 Å². The normalized spacial score (nSPS) is 10.4. The van der Waals surface area contributed by atoms with Crippen molar-refractivity contribution in [3.8, 4) is 45.7 Å². The average Bonchev–Trinajstić information content (AvgIpc) is 3.24. The molecule has 0 amide bonds. The minimum atomic E-state index is 0. The number of pyridine rings is 1. The van der Waals surface area contributed by atoms with E-state index in [1.165, 1.54) is 0 Å². The standard InChI is InChI=1S/C25H14N3O2.Pt/c26-14-16-11-12-21(27-15-16)18-6-3-5-17(13-18)19-8-4-10-23-24(19)28-25(30-23)20-7-1-2-9-22(20)29;/h1-12,15,29H;/q-1;. The first-order valence-electron chi connectivity index (χ1n) is 9.30. The smallest absolute Gasteiger partial charge is 0.230 e. The van der Waals surface area contributed by atoms with Crippen LogP contribution in [0.15, 0.2) is 83.4 Å². The summed E-state index contributed by atoms with van der Waals surface area (Å²) in [5, 5.41) is 19.1. The molecule has 3 aromatic carbocycles. The Morgan fingerprint density at radius 1 is 0.871 bits per heavy atom. The zero-order valence-electron chi connectivity index (χ0n) is 16.0. The largest absolute Gasteiger partial charge is 0.507 e. The average molecular weight is 583 g/mol. The van der Waals surface area contributed by atoms with Crippen molar-refractivity contribution in [2.45, 2.75) is 0 Å². The van der Waals surface area contributed by atoms with E-state index in [4.69, 9.17) is 9.68 Å². The molecule has 0 spiro atoms.